The second-order valence-electron chi connectivity index (χ2n) is 6.60. The highest BCUT2D eigenvalue weighted by Gasteiger charge is 2.22. The molecule has 25 heavy (non-hydrogen) atoms. The van der Waals surface area contributed by atoms with Crippen LogP contribution in [0.1, 0.15) is 38.2 Å². The Morgan fingerprint density at radius 2 is 2.12 bits per heavy atom. The maximum atomic E-state index is 12.2. The highest BCUT2D eigenvalue weighted by Crippen LogP contribution is 2.22. The number of amides is 1. The predicted molar refractivity (Wildman–Crippen MR) is 97.7 cm³/mol. The topological polar surface area (TPSA) is 60.3 Å². The van der Waals surface area contributed by atoms with E-state index in [0.29, 0.717) is 19.1 Å². The maximum absolute atomic E-state index is 12.2. The Kier molecular flexibility index (Phi) is 5.66. The Balaban J connectivity index is 1.55. The Bertz CT molecular complexity index is 784. The van der Waals surface area contributed by atoms with Crippen molar-refractivity contribution in [3.63, 3.8) is 0 Å². The van der Waals surface area contributed by atoms with Crippen LogP contribution in [0.5, 0.6) is 0 Å². The lowest BCUT2D eigenvalue weighted by atomic mass is 10.1. The largest absolute Gasteiger partial charge is 0.375 e. The van der Waals surface area contributed by atoms with Crippen LogP contribution >= 0.6 is 0 Å². The lowest BCUT2D eigenvalue weighted by Gasteiger charge is -2.12. The smallest absolute Gasteiger partial charge is 0.250 e. The Hall–Kier alpha value is -2.40. The van der Waals surface area contributed by atoms with Crippen molar-refractivity contribution >= 4 is 11.6 Å². The fourth-order valence-electron chi connectivity index (χ4n) is 3.15. The SMILES string of the molecule is C[C@@H]1CC[C@H](CCC(=O)Nc2cccc(Cn3ccccc3=O)c2)O1. The van der Waals surface area contributed by atoms with E-state index in [0.717, 1.165) is 30.5 Å². The minimum atomic E-state index is -0.0391. The molecule has 1 aromatic heterocycles. The van der Waals surface area contributed by atoms with Crippen LogP contribution in [-0.4, -0.2) is 22.7 Å². The molecule has 1 N–H and O–H groups in total. The van der Waals surface area contributed by atoms with Gasteiger partial charge in [0.05, 0.1) is 18.8 Å². The number of ether oxygens (including phenoxy) is 1. The molecule has 2 atom stereocenters. The van der Waals surface area contributed by atoms with E-state index in [1.165, 1.54) is 6.07 Å². The van der Waals surface area contributed by atoms with Gasteiger partial charge in [0.1, 0.15) is 0 Å². The molecule has 132 valence electrons. The third-order valence-corrected chi connectivity index (χ3v) is 4.48. The zero-order valence-electron chi connectivity index (χ0n) is 14.5. The van der Waals surface area contributed by atoms with Crippen molar-refractivity contribution < 1.29 is 9.53 Å². The second-order valence-corrected chi connectivity index (χ2v) is 6.60. The summed E-state index contributed by atoms with van der Waals surface area (Å²) >= 11 is 0. The van der Waals surface area contributed by atoms with Crippen LogP contribution in [0.2, 0.25) is 0 Å². The first-order chi connectivity index (χ1) is 12.1. The number of rotatable bonds is 6. The Morgan fingerprint density at radius 3 is 2.88 bits per heavy atom. The Morgan fingerprint density at radius 1 is 1.24 bits per heavy atom. The third kappa shape index (κ3) is 5.03. The van der Waals surface area contributed by atoms with Crippen LogP contribution in [0, 0.1) is 0 Å². The molecule has 5 heteroatoms. The van der Waals surface area contributed by atoms with Crippen molar-refractivity contribution in [3.8, 4) is 0 Å². The molecule has 1 amide bonds. The normalized spacial score (nSPS) is 19.7. The van der Waals surface area contributed by atoms with Gasteiger partial charge in [0.2, 0.25) is 5.91 Å². The van der Waals surface area contributed by atoms with Gasteiger partial charge in [0.25, 0.3) is 5.56 Å². The maximum Gasteiger partial charge on any atom is 0.250 e. The minimum absolute atomic E-state index is 0.00261. The summed E-state index contributed by atoms with van der Waals surface area (Å²) in [5.74, 6) is -0.00261. The van der Waals surface area contributed by atoms with Crippen molar-refractivity contribution in [2.24, 2.45) is 0 Å². The first kappa shape index (κ1) is 17.4. The zero-order chi connectivity index (χ0) is 17.6. The molecule has 2 heterocycles. The molecule has 5 nitrogen and oxygen atoms in total. The lowest BCUT2D eigenvalue weighted by molar-refractivity contribution is -0.116. The van der Waals surface area contributed by atoms with Gasteiger partial charge in [0, 0.05) is 24.4 Å². The number of hydrogen-bond donors (Lipinski definition) is 1. The molecule has 0 bridgehead atoms. The van der Waals surface area contributed by atoms with Crippen LogP contribution in [0.15, 0.2) is 53.5 Å². The number of pyridine rings is 1. The molecule has 3 rings (SSSR count). The number of carbonyl (C=O) groups excluding carboxylic acids is 1. The van der Waals surface area contributed by atoms with Crippen molar-refractivity contribution in [3.05, 3.63) is 64.6 Å². The van der Waals surface area contributed by atoms with Crippen molar-refractivity contribution in [2.45, 2.75) is 51.4 Å². The first-order valence-electron chi connectivity index (χ1n) is 8.80. The highest BCUT2D eigenvalue weighted by molar-refractivity contribution is 5.90. The van der Waals surface area contributed by atoms with E-state index in [2.05, 4.69) is 12.2 Å². The van der Waals surface area contributed by atoms with E-state index in [9.17, 15) is 9.59 Å². The molecule has 0 spiro atoms. The summed E-state index contributed by atoms with van der Waals surface area (Å²) in [4.78, 5) is 24.0. The van der Waals surface area contributed by atoms with Gasteiger partial charge in [-0.1, -0.05) is 18.2 Å². The fourth-order valence-corrected chi connectivity index (χ4v) is 3.15. The summed E-state index contributed by atoms with van der Waals surface area (Å²) in [6.07, 6.45) is 5.61. The second kappa shape index (κ2) is 8.12. The van der Waals surface area contributed by atoms with E-state index in [1.807, 2.05) is 30.3 Å². The van der Waals surface area contributed by atoms with Crippen LogP contribution in [0.3, 0.4) is 0 Å². The quantitative estimate of drug-likeness (QED) is 0.878. The molecule has 1 fully saturated rings. The highest BCUT2D eigenvalue weighted by atomic mass is 16.5. The van der Waals surface area contributed by atoms with Crippen molar-refractivity contribution in [1.82, 2.24) is 4.57 Å². The van der Waals surface area contributed by atoms with Crippen LogP contribution in [0.25, 0.3) is 0 Å². The van der Waals surface area contributed by atoms with Gasteiger partial charge in [-0.05, 0) is 49.9 Å². The molecule has 2 aromatic rings. The van der Waals surface area contributed by atoms with E-state index < -0.39 is 0 Å². The molecule has 0 saturated carbocycles. The molecule has 1 aliphatic heterocycles. The van der Waals surface area contributed by atoms with E-state index in [4.69, 9.17) is 4.74 Å². The molecule has 0 unspecified atom stereocenters. The van der Waals surface area contributed by atoms with E-state index in [1.54, 1.807) is 16.8 Å². The van der Waals surface area contributed by atoms with Gasteiger partial charge in [0.15, 0.2) is 0 Å². The minimum Gasteiger partial charge on any atom is -0.375 e. The number of benzene rings is 1. The number of hydrogen-bond acceptors (Lipinski definition) is 3. The first-order valence-corrected chi connectivity index (χ1v) is 8.80. The van der Waals surface area contributed by atoms with Gasteiger partial charge < -0.3 is 14.6 Å². The van der Waals surface area contributed by atoms with E-state index >= 15 is 0 Å². The van der Waals surface area contributed by atoms with Gasteiger partial charge in [-0.3, -0.25) is 9.59 Å². The van der Waals surface area contributed by atoms with Crippen molar-refractivity contribution in [1.29, 1.82) is 0 Å². The Labute approximate surface area is 147 Å². The number of nitrogens with zero attached hydrogens (tertiary/aromatic N) is 1. The van der Waals surface area contributed by atoms with Crippen LogP contribution < -0.4 is 10.9 Å². The lowest BCUT2D eigenvalue weighted by Crippen LogP contribution is -2.18. The molecule has 1 aromatic carbocycles. The predicted octanol–water partition coefficient (Wildman–Crippen LogP) is 3.18. The van der Waals surface area contributed by atoms with Crippen LogP contribution in [-0.2, 0) is 16.1 Å². The fraction of sp³-hybridized carbons (Fsp3) is 0.400. The zero-order valence-corrected chi connectivity index (χ0v) is 14.5. The summed E-state index contributed by atoms with van der Waals surface area (Å²) in [7, 11) is 0. The summed E-state index contributed by atoms with van der Waals surface area (Å²) in [6, 6.07) is 12.7. The average molecular weight is 340 g/mol. The number of carbonyl (C=O) groups is 1. The summed E-state index contributed by atoms with van der Waals surface area (Å²) < 4.78 is 7.38. The average Bonchev–Trinajstić information content (AvgIpc) is 3.01. The van der Waals surface area contributed by atoms with Gasteiger partial charge in [-0.2, -0.15) is 0 Å². The van der Waals surface area contributed by atoms with Crippen molar-refractivity contribution in [2.75, 3.05) is 5.32 Å². The number of nitrogens with one attached hydrogen (secondary N) is 1. The van der Waals surface area contributed by atoms with Gasteiger partial charge >= 0.3 is 0 Å². The monoisotopic (exact) mass is 340 g/mol. The molecular weight excluding hydrogens is 316 g/mol. The molecule has 0 radical (unpaired) electrons. The third-order valence-electron chi connectivity index (χ3n) is 4.48. The van der Waals surface area contributed by atoms with Gasteiger partial charge in [-0.15, -0.1) is 0 Å². The number of aromatic nitrogens is 1. The standard InChI is InChI=1S/C20H24N2O3/c1-15-8-9-18(25-15)10-11-19(23)21-17-6-4-5-16(13-17)14-22-12-3-2-7-20(22)24/h2-7,12-13,15,18H,8-11,14H2,1H3,(H,21,23)/t15-,18-/m1/s1. The van der Waals surface area contributed by atoms with E-state index in [-0.39, 0.29) is 17.6 Å². The van der Waals surface area contributed by atoms with Crippen LogP contribution in [0.4, 0.5) is 5.69 Å². The summed E-state index contributed by atoms with van der Waals surface area (Å²) in [5, 5.41) is 2.94. The molecule has 1 aliphatic rings. The molecular formula is C20H24N2O3. The summed E-state index contributed by atoms with van der Waals surface area (Å²) in [6.45, 7) is 2.56. The molecule has 1 saturated heterocycles. The molecule has 0 aliphatic carbocycles. The summed E-state index contributed by atoms with van der Waals surface area (Å²) in [5.41, 5.74) is 1.69. The number of anilines is 1. The van der Waals surface area contributed by atoms with Gasteiger partial charge in [-0.25, -0.2) is 0 Å².